The average Bonchev–Trinajstić information content (AvgIpc) is 2.87. The van der Waals surface area contributed by atoms with Crippen LogP contribution in [0.3, 0.4) is 0 Å². The third kappa shape index (κ3) is 1.33. The number of nitrogen functional groups attached to an aromatic ring is 7. The summed E-state index contributed by atoms with van der Waals surface area (Å²) in [5, 5.41) is 0.978. The molecule has 0 atom stereocenters. The molecule has 0 bridgehead atoms. The normalized spacial score (nSPS) is 11.5. The second-order valence-corrected chi connectivity index (χ2v) is 5.03. The van der Waals surface area contributed by atoms with Crippen LogP contribution < -0.4 is 40.1 Å². The van der Waals surface area contributed by atoms with Crippen LogP contribution in [0.25, 0.3) is 21.9 Å². The van der Waals surface area contributed by atoms with Gasteiger partial charge in [-0.1, -0.05) is 0 Å². The number of benzene rings is 2. The van der Waals surface area contributed by atoms with Crippen LogP contribution in [0.2, 0.25) is 0 Å². The maximum atomic E-state index is 6.10. The molecule has 0 radical (unpaired) electrons. The molecular formula is C13H17N7O. The van der Waals surface area contributed by atoms with Gasteiger partial charge in [0.05, 0.1) is 44.9 Å². The van der Waals surface area contributed by atoms with E-state index < -0.39 is 0 Å². The lowest BCUT2D eigenvalue weighted by Gasteiger charge is -2.10. The van der Waals surface area contributed by atoms with Crippen LogP contribution in [-0.4, -0.2) is 0 Å². The zero-order chi connectivity index (χ0) is 15.6. The first-order chi connectivity index (χ1) is 9.77. The molecule has 3 rings (SSSR count). The lowest BCUT2D eigenvalue weighted by atomic mass is 10.0. The molecule has 14 N–H and O–H groups in total. The molecule has 2 aromatic carbocycles. The molecule has 0 aliphatic heterocycles. The summed E-state index contributed by atoms with van der Waals surface area (Å²) in [7, 11) is 0. The van der Waals surface area contributed by atoms with Crippen LogP contribution in [0.15, 0.2) is 4.42 Å². The Hall–Kier alpha value is -3.16. The summed E-state index contributed by atoms with van der Waals surface area (Å²) < 4.78 is 5.75. The van der Waals surface area contributed by atoms with Crippen molar-refractivity contribution in [3.8, 4) is 0 Å². The molecule has 8 nitrogen and oxygen atoms in total. The molecule has 1 heterocycles. The Labute approximate surface area is 119 Å². The van der Waals surface area contributed by atoms with Gasteiger partial charge in [0, 0.05) is 5.56 Å². The van der Waals surface area contributed by atoms with Crippen LogP contribution in [0, 0.1) is 6.92 Å². The number of furan rings is 1. The first kappa shape index (κ1) is 12.9. The van der Waals surface area contributed by atoms with Crippen molar-refractivity contribution in [3.05, 3.63) is 5.56 Å². The molecule has 8 heteroatoms. The van der Waals surface area contributed by atoms with Crippen LogP contribution in [0.4, 0.5) is 39.8 Å². The Bertz CT molecular complexity index is 852. The number of rotatable bonds is 0. The minimum atomic E-state index is 0.167. The predicted octanol–water partition coefficient (Wildman–Crippen LogP) is 0.970. The highest BCUT2D eigenvalue weighted by atomic mass is 16.3. The fraction of sp³-hybridized carbons (Fsp3) is 0.0769. The zero-order valence-electron chi connectivity index (χ0n) is 11.4. The summed E-state index contributed by atoms with van der Waals surface area (Å²) in [6.45, 7) is 1.75. The summed E-state index contributed by atoms with van der Waals surface area (Å²) in [5.41, 5.74) is 45.0. The van der Waals surface area contributed by atoms with E-state index >= 15 is 0 Å². The third-order valence-corrected chi connectivity index (χ3v) is 3.90. The highest BCUT2D eigenvalue weighted by Crippen LogP contribution is 2.48. The van der Waals surface area contributed by atoms with Gasteiger partial charge in [-0.3, -0.25) is 0 Å². The lowest BCUT2D eigenvalue weighted by molar-refractivity contribution is 0.672. The molecule has 0 aliphatic carbocycles. The second-order valence-electron chi connectivity index (χ2n) is 5.03. The molecule has 21 heavy (non-hydrogen) atoms. The summed E-state index contributed by atoms with van der Waals surface area (Å²) in [4.78, 5) is 0. The van der Waals surface area contributed by atoms with Crippen molar-refractivity contribution in [2.24, 2.45) is 0 Å². The predicted molar refractivity (Wildman–Crippen MR) is 89.3 cm³/mol. The van der Waals surface area contributed by atoms with Crippen molar-refractivity contribution < 1.29 is 4.42 Å². The van der Waals surface area contributed by atoms with E-state index in [1.165, 1.54) is 0 Å². The fourth-order valence-electron chi connectivity index (χ4n) is 2.52. The van der Waals surface area contributed by atoms with Crippen LogP contribution in [-0.2, 0) is 0 Å². The molecule has 1 aromatic heterocycles. The van der Waals surface area contributed by atoms with Crippen molar-refractivity contribution in [2.45, 2.75) is 6.92 Å². The highest BCUT2D eigenvalue weighted by molar-refractivity contribution is 6.26. The zero-order valence-corrected chi connectivity index (χ0v) is 11.4. The van der Waals surface area contributed by atoms with E-state index in [1.54, 1.807) is 6.92 Å². The van der Waals surface area contributed by atoms with Gasteiger partial charge in [0.1, 0.15) is 5.69 Å². The standard InChI is InChI=1S/C13H17N7O/c1-2-5(14)7(16)3-4-8(17)9(18)10(19)11(20)13(4)21-12(3)6(2)15/h14-20H2,1H3. The number of fused-ring (bicyclic) bond motifs is 3. The Morgan fingerprint density at radius 2 is 0.952 bits per heavy atom. The molecule has 0 saturated heterocycles. The number of hydrogen-bond donors (Lipinski definition) is 7. The van der Waals surface area contributed by atoms with Crippen molar-refractivity contribution in [3.63, 3.8) is 0 Å². The molecule has 0 fully saturated rings. The van der Waals surface area contributed by atoms with E-state index in [9.17, 15) is 0 Å². The third-order valence-electron chi connectivity index (χ3n) is 3.90. The molecular weight excluding hydrogens is 270 g/mol. The van der Waals surface area contributed by atoms with E-state index in [1.807, 2.05) is 0 Å². The van der Waals surface area contributed by atoms with Gasteiger partial charge in [-0.25, -0.2) is 0 Å². The van der Waals surface area contributed by atoms with Crippen molar-refractivity contribution in [2.75, 3.05) is 40.1 Å². The van der Waals surface area contributed by atoms with E-state index in [0.29, 0.717) is 44.6 Å². The van der Waals surface area contributed by atoms with E-state index in [4.69, 9.17) is 44.6 Å². The van der Waals surface area contributed by atoms with Gasteiger partial charge in [0.15, 0.2) is 11.2 Å². The summed E-state index contributed by atoms with van der Waals surface area (Å²) in [6.07, 6.45) is 0. The Morgan fingerprint density at radius 1 is 0.524 bits per heavy atom. The molecule has 0 spiro atoms. The van der Waals surface area contributed by atoms with Gasteiger partial charge in [0.25, 0.3) is 0 Å². The molecule has 0 amide bonds. The Morgan fingerprint density at radius 3 is 1.52 bits per heavy atom. The van der Waals surface area contributed by atoms with E-state index in [0.717, 1.165) is 0 Å². The minimum absolute atomic E-state index is 0.167. The topological polar surface area (TPSA) is 195 Å². The van der Waals surface area contributed by atoms with Gasteiger partial charge < -0.3 is 44.6 Å². The van der Waals surface area contributed by atoms with Crippen LogP contribution >= 0.6 is 0 Å². The second kappa shape index (κ2) is 3.69. The minimum Gasteiger partial charge on any atom is -0.451 e. The SMILES string of the molecule is Cc1c(N)c(N)c2c(oc3c(N)c(N)c(N)c(N)c32)c1N. The molecule has 3 aromatic rings. The van der Waals surface area contributed by atoms with Gasteiger partial charge in [-0.2, -0.15) is 0 Å². The maximum Gasteiger partial charge on any atom is 0.162 e. The average molecular weight is 287 g/mol. The van der Waals surface area contributed by atoms with Crippen molar-refractivity contribution >= 4 is 61.8 Å². The monoisotopic (exact) mass is 287 g/mol. The first-order valence-electron chi connectivity index (χ1n) is 6.18. The van der Waals surface area contributed by atoms with Gasteiger partial charge in [-0.05, 0) is 6.92 Å². The molecule has 0 saturated carbocycles. The Kier molecular flexibility index (Phi) is 2.26. The van der Waals surface area contributed by atoms with Crippen molar-refractivity contribution in [1.29, 1.82) is 0 Å². The van der Waals surface area contributed by atoms with Gasteiger partial charge >= 0.3 is 0 Å². The van der Waals surface area contributed by atoms with E-state index in [2.05, 4.69) is 0 Å². The lowest BCUT2D eigenvalue weighted by Crippen LogP contribution is -2.05. The molecule has 110 valence electrons. The molecule has 0 unspecified atom stereocenters. The summed E-state index contributed by atoms with van der Waals surface area (Å²) in [5.74, 6) is 0. The quantitative estimate of drug-likeness (QED) is 0.297. The number of hydrogen-bond acceptors (Lipinski definition) is 8. The molecule has 0 aliphatic rings. The summed E-state index contributed by atoms with van der Waals surface area (Å²) >= 11 is 0. The van der Waals surface area contributed by atoms with Gasteiger partial charge in [-0.15, -0.1) is 0 Å². The van der Waals surface area contributed by atoms with Gasteiger partial charge in [0.2, 0.25) is 0 Å². The van der Waals surface area contributed by atoms with E-state index in [-0.39, 0.29) is 22.7 Å². The number of nitrogens with two attached hydrogens (primary N) is 7. The Balaban J connectivity index is 2.73. The smallest absolute Gasteiger partial charge is 0.162 e. The van der Waals surface area contributed by atoms with Crippen LogP contribution in [0.5, 0.6) is 0 Å². The largest absolute Gasteiger partial charge is 0.451 e. The fourth-order valence-corrected chi connectivity index (χ4v) is 2.52. The highest BCUT2D eigenvalue weighted by Gasteiger charge is 2.23. The van der Waals surface area contributed by atoms with Crippen LogP contribution in [0.1, 0.15) is 5.56 Å². The van der Waals surface area contributed by atoms with Crippen molar-refractivity contribution in [1.82, 2.24) is 0 Å². The first-order valence-corrected chi connectivity index (χ1v) is 6.18. The number of anilines is 7. The maximum absolute atomic E-state index is 6.10. The summed E-state index contributed by atoms with van der Waals surface area (Å²) in [6, 6.07) is 0.